The Balaban J connectivity index is 0. The van der Waals surface area contributed by atoms with Crippen LogP contribution in [-0.2, 0) is 0 Å². The summed E-state index contributed by atoms with van der Waals surface area (Å²) in [6, 6.07) is 0. The van der Waals surface area contributed by atoms with E-state index in [1.165, 1.54) is 77.0 Å². The summed E-state index contributed by atoms with van der Waals surface area (Å²) in [7, 11) is 0. The Hall–Kier alpha value is 1.60. The molecule has 0 saturated heterocycles. The summed E-state index contributed by atoms with van der Waals surface area (Å²) in [5.41, 5.74) is 0. The van der Waals surface area contributed by atoms with Gasteiger partial charge in [0.15, 0.2) is 0 Å². The summed E-state index contributed by atoms with van der Waals surface area (Å²) in [5, 5.41) is 0. The van der Waals surface area contributed by atoms with E-state index in [1.807, 2.05) is 0 Å². The second kappa shape index (κ2) is 32.6. The van der Waals surface area contributed by atoms with E-state index in [0.29, 0.717) is 0 Å². The van der Waals surface area contributed by atoms with Crippen LogP contribution in [0.5, 0.6) is 0 Å². The fraction of sp³-hybridized carbons (Fsp3) is 1.00. The van der Waals surface area contributed by atoms with Crippen molar-refractivity contribution in [2.45, 2.75) is 184 Å². The molecule has 0 N–H and O–H groups in total. The monoisotopic (exact) mass is 666 g/mol. The van der Waals surface area contributed by atoms with Gasteiger partial charge >= 0.3 is 223 Å². The van der Waals surface area contributed by atoms with Crippen molar-refractivity contribution in [3.05, 3.63) is 0 Å². The molecule has 194 valence electrons. The minimum absolute atomic E-state index is 0.900. The fourth-order valence-electron chi connectivity index (χ4n) is 4.50. The predicted molar refractivity (Wildman–Crippen MR) is 157 cm³/mol. The van der Waals surface area contributed by atoms with Gasteiger partial charge in [-0.1, -0.05) is 0 Å². The molecule has 0 aliphatic heterocycles. The van der Waals surface area contributed by atoms with Crippen LogP contribution in [0.3, 0.4) is 0 Å². The van der Waals surface area contributed by atoms with Gasteiger partial charge in [0.2, 0.25) is 0 Å². The average Bonchev–Trinajstić information content (AvgIpc) is 2.80. The van der Waals surface area contributed by atoms with Crippen molar-refractivity contribution >= 4 is 39.5 Å². The fourth-order valence-corrected chi connectivity index (χ4v) is 21.6. The second-order valence-corrected chi connectivity index (χ2v) is 27.4. The van der Waals surface area contributed by atoms with Crippen molar-refractivity contribution in [1.29, 1.82) is 0 Å². The maximum atomic E-state index is 2.33. The molecule has 2 heteroatoms. The van der Waals surface area contributed by atoms with Gasteiger partial charge in [0.25, 0.3) is 0 Å². The van der Waals surface area contributed by atoms with Crippen LogP contribution in [0.2, 0.25) is 26.6 Å². The molecule has 0 fully saturated rings. The molecule has 0 amide bonds. The first-order valence-electron chi connectivity index (χ1n) is 15.4. The third kappa shape index (κ3) is 29.6. The van der Waals surface area contributed by atoms with E-state index in [0.717, 1.165) is 0 Å². The molecule has 0 aromatic carbocycles. The summed E-state index contributed by atoms with van der Waals surface area (Å²) in [6.45, 7) is 14.0. The van der Waals surface area contributed by atoms with Gasteiger partial charge in [0.1, 0.15) is 0 Å². The van der Waals surface area contributed by atoms with E-state index in [4.69, 9.17) is 0 Å². The van der Waals surface area contributed by atoms with Gasteiger partial charge in [-0.05, 0) is 0 Å². The van der Waals surface area contributed by atoms with Gasteiger partial charge in [-0.3, -0.25) is 0 Å². The summed E-state index contributed by atoms with van der Waals surface area (Å²) in [6.07, 6.45) is 26.7. The summed E-state index contributed by atoms with van der Waals surface area (Å²) < 4.78 is 10.2. The van der Waals surface area contributed by atoms with E-state index in [1.54, 1.807) is 65.1 Å². The molecular weight excluding hydrogens is 598 g/mol. The Morgan fingerprint density at radius 2 is 0.406 bits per heavy atom. The van der Waals surface area contributed by atoms with Gasteiger partial charge in [0.05, 0.1) is 0 Å². The zero-order valence-electron chi connectivity index (χ0n) is 24.0. The number of hydrogen-bond donors (Lipinski definition) is 0. The SMILES string of the molecule is CCCC[CH2][Sn]([CH2]CCCC)[CH2]CCCC.CCCC[CH2][Sn]([CH2]CCCC)[CH2]CCCC. The van der Waals surface area contributed by atoms with Crippen LogP contribution in [0.4, 0.5) is 0 Å². The minimum atomic E-state index is -0.900. The van der Waals surface area contributed by atoms with E-state index in [2.05, 4.69) is 41.5 Å². The first kappa shape index (κ1) is 35.8. The third-order valence-corrected chi connectivity index (χ3v) is 25.0. The van der Waals surface area contributed by atoms with Gasteiger partial charge in [0, 0.05) is 0 Å². The third-order valence-electron chi connectivity index (χ3n) is 6.80. The Bertz CT molecular complexity index is 228. The number of hydrogen-bond acceptors (Lipinski definition) is 0. The zero-order valence-corrected chi connectivity index (χ0v) is 29.7. The van der Waals surface area contributed by atoms with Gasteiger partial charge in [-0.25, -0.2) is 0 Å². The molecule has 0 aliphatic rings. The van der Waals surface area contributed by atoms with Crippen molar-refractivity contribution in [3.8, 4) is 0 Å². The molecule has 0 atom stereocenters. The quantitative estimate of drug-likeness (QED) is 0.0712. The molecular formula is C30H66Sn2. The Kier molecular flexibility index (Phi) is 36.4. The van der Waals surface area contributed by atoms with Gasteiger partial charge in [-0.2, -0.15) is 0 Å². The second-order valence-electron chi connectivity index (χ2n) is 10.2. The van der Waals surface area contributed by atoms with Crippen molar-refractivity contribution in [2.75, 3.05) is 0 Å². The molecule has 32 heavy (non-hydrogen) atoms. The van der Waals surface area contributed by atoms with Crippen LogP contribution in [0.15, 0.2) is 0 Å². The van der Waals surface area contributed by atoms with Crippen LogP contribution in [-0.4, -0.2) is 39.5 Å². The molecule has 0 spiro atoms. The summed E-state index contributed by atoms with van der Waals surface area (Å²) >= 11 is -1.80. The van der Waals surface area contributed by atoms with Gasteiger partial charge < -0.3 is 0 Å². The van der Waals surface area contributed by atoms with Crippen molar-refractivity contribution in [3.63, 3.8) is 0 Å². The molecule has 0 aromatic rings. The Morgan fingerprint density at radius 1 is 0.250 bits per heavy atom. The van der Waals surface area contributed by atoms with Crippen LogP contribution < -0.4 is 0 Å². The Morgan fingerprint density at radius 3 is 0.531 bits per heavy atom. The average molecular weight is 664 g/mol. The van der Waals surface area contributed by atoms with Crippen LogP contribution >= 0.6 is 0 Å². The number of unbranched alkanes of at least 4 members (excludes halogenated alkanes) is 12. The molecule has 0 unspecified atom stereocenters. The van der Waals surface area contributed by atoms with Crippen molar-refractivity contribution in [1.82, 2.24) is 0 Å². The standard InChI is InChI=1S/6C5H11.2Sn/c6*1-3-5-4-2;;/h6*1,3-5H2,2H3;;. The topological polar surface area (TPSA) is 0 Å². The van der Waals surface area contributed by atoms with E-state index >= 15 is 0 Å². The first-order valence-corrected chi connectivity index (χ1v) is 27.5. The molecule has 0 aromatic heterocycles. The maximum absolute atomic E-state index is 2.33. The predicted octanol–water partition coefficient (Wildman–Crippen LogP) is 12.1. The summed E-state index contributed by atoms with van der Waals surface area (Å²) in [4.78, 5) is 0. The van der Waals surface area contributed by atoms with Crippen LogP contribution in [0.25, 0.3) is 0 Å². The normalized spacial score (nSPS) is 11.2. The molecule has 0 aliphatic carbocycles. The molecule has 0 saturated carbocycles. The first-order chi connectivity index (χ1) is 15.7. The molecule has 0 rings (SSSR count). The van der Waals surface area contributed by atoms with Gasteiger partial charge in [-0.15, -0.1) is 0 Å². The Labute approximate surface area is 221 Å². The molecule has 0 bridgehead atoms. The van der Waals surface area contributed by atoms with E-state index in [-0.39, 0.29) is 0 Å². The summed E-state index contributed by atoms with van der Waals surface area (Å²) in [5.74, 6) is 0. The molecule has 0 nitrogen and oxygen atoms in total. The molecule has 0 heterocycles. The van der Waals surface area contributed by atoms with Crippen molar-refractivity contribution < 1.29 is 0 Å². The van der Waals surface area contributed by atoms with E-state index < -0.39 is 39.5 Å². The zero-order chi connectivity index (χ0) is 24.1. The molecule has 2 radical (unpaired) electrons. The van der Waals surface area contributed by atoms with Crippen molar-refractivity contribution in [2.24, 2.45) is 0 Å². The van der Waals surface area contributed by atoms with Crippen LogP contribution in [0.1, 0.15) is 157 Å². The van der Waals surface area contributed by atoms with Crippen LogP contribution in [0, 0.1) is 0 Å². The van der Waals surface area contributed by atoms with E-state index in [9.17, 15) is 0 Å². The number of rotatable bonds is 24.